The van der Waals surface area contributed by atoms with E-state index < -0.39 is 18.9 Å². The third-order valence-corrected chi connectivity index (χ3v) is 0.920. The van der Waals surface area contributed by atoms with Crippen molar-refractivity contribution in [2.75, 3.05) is 13.2 Å². The molecule has 1 amide bonds. The molecule has 1 unspecified atom stereocenters. The minimum absolute atomic E-state index is 0.301. The van der Waals surface area contributed by atoms with Crippen LogP contribution in [0.1, 0.15) is 0 Å². The molecule has 1 aliphatic rings. The molecule has 0 bridgehead atoms. The molecule has 0 spiro atoms. The normalized spacial score (nSPS) is 27.1. The smallest absolute Gasteiger partial charge is 0.407 e. The second-order valence-electron chi connectivity index (χ2n) is 1.56. The first-order chi connectivity index (χ1) is 3.83. The van der Waals surface area contributed by atoms with E-state index in [0.29, 0.717) is 6.54 Å². The highest BCUT2D eigenvalue weighted by atomic mass is 19.1. The third-order valence-electron chi connectivity index (χ3n) is 0.920. The SMILES string of the molecule is O=C1NCC(CF)O1. The average Bonchev–Trinajstić information content (AvgIpc) is 2.14. The molecule has 1 N–H and O–H groups in total. The number of amides is 1. The minimum Gasteiger partial charge on any atom is -0.442 e. The summed E-state index contributed by atoms with van der Waals surface area (Å²) < 4.78 is 15.9. The van der Waals surface area contributed by atoms with E-state index in [0.717, 1.165) is 0 Å². The van der Waals surface area contributed by atoms with Crippen LogP contribution >= 0.6 is 0 Å². The van der Waals surface area contributed by atoms with Gasteiger partial charge in [0, 0.05) is 0 Å². The fourth-order valence-corrected chi connectivity index (χ4v) is 0.518. The zero-order chi connectivity index (χ0) is 5.98. The minimum atomic E-state index is -0.598. The topological polar surface area (TPSA) is 38.3 Å². The van der Waals surface area contributed by atoms with Crippen molar-refractivity contribution in [2.45, 2.75) is 6.10 Å². The summed E-state index contributed by atoms with van der Waals surface area (Å²) >= 11 is 0. The third kappa shape index (κ3) is 0.882. The van der Waals surface area contributed by atoms with Gasteiger partial charge in [-0.3, -0.25) is 0 Å². The number of carbonyl (C=O) groups is 1. The van der Waals surface area contributed by atoms with Crippen LogP contribution in [0.25, 0.3) is 0 Å². The molecule has 0 aromatic carbocycles. The zero-order valence-corrected chi connectivity index (χ0v) is 4.19. The maximum absolute atomic E-state index is 11.6. The number of carbonyl (C=O) groups excluding carboxylic acids is 1. The van der Waals surface area contributed by atoms with Gasteiger partial charge in [-0.15, -0.1) is 0 Å². The number of hydrogen-bond donors (Lipinski definition) is 1. The van der Waals surface area contributed by atoms with Gasteiger partial charge in [-0.05, 0) is 0 Å². The van der Waals surface area contributed by atoms with E-state index in [2.05, 4.69) is 10.1 Å². The quantitative estimate of drug-likeness (QED) is 0.530. The standard InChI is InChI=1S/C4H6FNO2/c5-1-3-2-6-4(7)8-3/h3H,1-2H2,(H,6,7). The Hall–Kier alpha value is -0.800. The fraction of sp³-hybridized carbons (Fsp3) is 0.750. The Balaban J connectivity index is 2.32. The summed E-state index contributed by atoms with van der Waals surface area (Å²) in [5.74, 6) is 0. The van der Waals surface area contributed by atoms with Crippen LogP contribution in [0.15, 0.2) is 0 Å². The van der Waals surface area contributed by atoms with Crippen molar-refractivity contribution in [1.82, 2.24) is 5.32 Å². The number of ether oxygens (including phenoxy) is 1. The second-order valence-corrected chi connectivity index (χ2v) is 1.56. The summed E-state index contributed by atoms with van der Waals surface area (Å²) in [6.07, 6.45) is -1.07. The molecule has 1 atom stereocenters. The molecule has 4 heteroatoms. The van der Waals surface area contributed by atoms with E-state index in [1.54, 1.807) is 0 Å². The van der Waals surface area contributed by atoms with Crippen LogP contribution in [-0.4, -0.2) is 25.4 Å². The maximum atomic E-state index is 11.6. The Morgan fingerprint density at radius 1 is 2.00 bits per heavy atom. The van der Waals surface area contributed by atoms with Crippen molar-refractivity contribution in [3.63, 3.8) is 0 Å². The highest BCUT2D eigenvalue weighted by Crippen LogP contribution is 1.98. The Morgan fingerprint density at radius 3 is 3.00 bits per heavy atom. The van der Waals surface area contributed by atoms with Crippen LogP contribution in [0.2, 0.25) is 0 Å². The van der Waals surface area contributed by atoms with Gasteiger partial charge in [-0.25, -0.2) is 9.18 Å². The van der Waals surface area contributed by atoms with Crippen LogP contribution in [0.5, 0.6) is 0 Å². The van der Waals surface area contributed by atoms with E-state index in [1.807, 2.05) is 0 Å². The van der Waals surface area contributed by atoms with Gasteiger partial charge in [0.05, 0.1) is 6.54 Å². The molecule has 8 heavy (non-hydrogen) atoms. The molecule has 0 saturated carbocycles. The van der Waals surface area contributed by atoms with Gasteiger partial charge < -0.3 is 10.1 Å². The number of nitrogens with one attached hydrogen (secondary N) is 1. The van der Waals surface area contributed by atoms with Crippen molar-refractivity contribution in [3.8, 4) is 0 Å². The summed E-state index contributed by atoms with van der Waals surface area (Å²) in [5, 5.41) is 2.32. The second kappa shape index (κ2) is 1.98. The van der Waals surface area contributed by atoms with Crippen LogP contribution in [-0.2, 0) is 4.74 Å². The molecule has 1 rings (SSSR count). The van der Waals surface area contributed by atoms with Crippen molar-refractivity contribution in [2.24, 2.45) is 0 Å². The van der Waals surface area contributed by atoms with Gasteiger partial charge in [0.2, 0.25) is 0 Å². The average molecular weight is 119 g/mol. The van der Waals surface area contributed by atoms with E-state index in [4.69, 9.17) is 0 Å². The number of cyclic esters (lactones) is 1. The lowest BCUT2D eigenvalue weighted by Gasteiger charge is -1.96. The summed E-state index contributed by atoms with van der Waals surface area (Å²) in [5.41, 5.74) is 0. The van der Waals surface area contributed by atoms with Crippen LogP contribution < -0.4 is 5.32 Å². The number of halogens is 1. The molecule has 0 radical (unpaired) electrons. The summed E-state index contributed by atoms with van der Waals surface area (Å²) in [4.78, 5) is 10.1. The molecule has 1 saturated heterocycles. The van der Waals surface area contributed by atoms with Gasteiger partial charge in [0.15, 0.2) is 0 Å². The lowest BCUT2D eigenvalue weighted by Crippen LogP contribution is -2.15. The van der Waals surface area contributed by atoms with E-state index in [9.17, 15) is 9.18 Å². The van der Waals surface area contributed by atoms with Crippen LogP contribution in [0.3, 0.4) is 0 Å². The molecule has 0 aliphatic carbocycles. The van der Waals surface area contributed by atoms with Gasteiger partial charge in [-0.2, -0.15) is 0 Å². The van der Waals surface area contributed by atoms with Crippen molar-refractivity contribution < 1.29 is 13.9 Å². The first-order valence-electron chi connectivity index (χ1n) is 2.33. The van der Waals surface area contributed by atoms with Crippen LogP contribution in [0.4, 0.5) is 9.18 Å². The Kier molecular flexibility index (Phi) is 1.32. The summed E-state index contributed by atoms with van der Waals surface area (Å²) in [6.45, 7) is -0.298. The molecule has 1 aliphatic heterocycles. The molecule has 3 nitrogen and oxygen atoms in total. The highest BCUT2D eigenvalue weighted by molar-refractivity contribution is 5.69. The van der Waals surface area contributed by atoms with E-state index >= 15 is 0 Å². The molecule has 0 aromatic heterocycles. The van der Waals surface area contributed by atoms with Crippen LogP contribution in [0, 0.1) is 0 Å². The summed E-state index contributed by atoms with van der Waals surface area (Å²) in [7, 11) is 0. The van der Waals surface area contributed by atoms with E-state index in [-0.39, 0.29) is 0 Å². The predicted molar refractivity (Wildman–Crippen MR) is 24.2 cm³/mol. The number of alkyl carbamates (subject to hydrolysis) is 1. The molecule has 1 fully saturated rings. The lowest BCUT2D eigenvalue weighted by atomic mass is 10.4. The largest absolute Gasteiger partial charge is 0.442 e. The molecular weight excluding hydrogens is 113 g/mol. The lowest BCUT2D eigenvalue weighted by molar-refractivity contribution is 0.124. The molecular formula is C4H6FNO2. The first kappa shape index (κ1) is 5.34. The molecule has 46 valence electrons. The monoisotopic (exact) mass is 119 g/mol. The Labute approximate surface area is 45.8 Å². The Bertz CT molecular complexity index is 106. The van der Waals surface area contributed by atoms with Gasteiger partial charge >= 0.3 is 6.09 Å². The highest BCUT2D eigenvalue weighted by Gasteiger charge is 2.21. The van der Waals surface area contributed by atoms with Gasteiger partial charge in [0.1, 0.15) is 12.8 Å². The Morgan fingerprint density at radius 2 is 2.75 bits per heavy atom. The number of alkyl halides is 1. The maximum Gasteiger partial charge on any atom is 0.407 e. The first-order valence-corrected chi connectivity index (χ1v) is 2.33. The zero-order valence-electron chi connectivity index (χ0n) is 4.19. The van der Waals surface area contributed by atoms with Gasteiger partial charge in [0.25, 0.3) is 0 Å². The van der Waals surface area contributed by atoms with Crippen molar-refractivity contribution in [1.29, 1.82) is 0 Å². The fourth-order valence-electron chi connectivity index (χ4n) is 0.518. The predicted octanol–water partition coefficient (Wildman–Crippen LogP) is 0.0643. The van der Waals surface area contributed by atoms with Crippen molar-refractivity contribution >= 4 is 6.09 Å². The molecule has 1 heterocycles. The number of hydrogen-bond acceptors (Lipinski definition) is 2. The van der Waals surface area contributed by atoms with E-state index in [1.165, 1.54) is 0 Å². The van der Waals surface area contributed by atoms with Crippen molar-refractivity contribution in [3.05, 3.63) is 0 Å². The number of rotatable bonds is 1. The van der Waals surface area contributed by atoms with Gasteiger partial charge in [-0.1, -0.05) is 0 Å². The summed E-state index contributed by atoms with van der Waals surface area (Å²) in [6, 6.07) is 0. The molecule has 0 aromatic rings.